The van der Waals surface area contributed by atoms with E-state index in [-0.39, 0.29) is 23.5 Å². The van der Waals surface area contributed by atoms with Gasteiger partial charge in [0.2, 0.25) is 0 Å². The van der Waals surface area contributed by atoms with E-state index in [1.54, 1.807) is 31.2 Å². The highest BCUT2D eigenvalue weighted by Gasteiger charge is 2.16. The van der Waals surface area contributed by atoms with Crippen molar-refractivity contribution >= 4 is 17.6 Å². The first-order chi connectivity index (χ1) is 10.1. The first-order valence-electron chi connectivity index (χ1n) is 6.54. The van der Waals surface area contributed by atoms with Crippen molar-refractivity contribution in [2.75, 3.05) is 6.61 Å². The van der Waals surface area contributed by atoms with Crippen molar-refractivity contribution in [2.45, 2.75) is 6.92 Å². The Morgan fingerprint density at radius 3 is 2.48 bits per heavy atom. The zero-order valence-electron chi connectivity index (χ0n) is 11.5. The number of phenolic OH excluding ortho intramolecular Hbond substituents is 1. The summed E-state index contributed by atoms with van der Waals surface area (Å²) in [5.74, 6) is -0.956. The molecule has 0 aliphatic rings. The number of rotatable bonds is 4. The molecule has 108 valence electrons. The van der Waals surface area contributed by atoms with Crippen molar-refractivity contribution in [3.05, 3.63) is 65.5 Å². The van der Waals surface area contributed by atoms with Crippen LogP contribution in [0.3, 0.4) is 0 Å². The van der Waals surface area contributed by atoms with Crippen molar-refractivity contribution in [3.63, 3.8) is 0 Å². The molecular formula is C17H15FO3. The number of halogens is 1. The summed E-state index contributed by atoms with van der Waals surface area (Å²) in [6.07, 6.45) is 1.54. The fourth-order valence-electron chi connectivity index (χ4n) is 1.87. The Morgan fingerprint density at radius 1 is 1.19 bits per heavy atom. The monoisotopic (exact) mass is 286 g/mol. The third kappa shape index (κ3) is 3.69. The van der Waals surface area contributed by atoms with Gasteiger partial charge in [-0.15, -0.1) is 0 Å². The Hall–Kier alpha value is -2.62. The molecule has 0 heterocycles. The minimum atomic E-state index is -0.587. The molecule has 0 radical (unpaired) electrons. The highest BCUT2D eigenvalue weighted by Crippen LogP contribution is 2.23. The molecule has 3 nitrogen and oxygen atoms in total. The number of benzene rings is 2. The Bertz CT molecular complexity index is 660. The van der Waals surface area contributed by atoms with E-state index in [9.17, 15) is 14.3 Å². The molecule has 0 aromatic heterocycles. The maximum atomic E-state index is 13.9. The Morgan fingerprint density at radius 2 is 1.86 bits per heavy atom. The topological polar surface area (TPSA) is 46.5 Å². The summed E-state index contributed by atoms with van der Waals surface area (Å²) in [6, 6.07) is 12.3. The molecule has 1 N–H and O–H groups in total. The minimum Gasteiger partial charge on any atom is -0.508 e. The molecule has 0 aliphatic heterocycles. The van der Waals surface area contributed by atoms with Crippen LogP contribution >= 0.6 is 0 Å². The minimum absolute atomic E-state index is 0.121. The molecule has 0 fully saturated rings. The van der Waals surface area contributed by atoms with Gasteiger partial charge < -0.3 is 9.84 Å². The highest BCUT2D eigenvalue weighted by molar-refractivity contribution is 6.21. The van der Waals surface area contributed by atoms with Gasteiger partial charge in [-0.05, 0) is 36.8 Å². The fourth-order valence-corrected chi connectivity index (χ4v) is 1.87. The maximum Gasteiger partial charge on any atom is 0.338 e. The van der Waals surface area contributed by atoms with E-state index < -0.39 is 11.8 Å². The lowest BCUT2D eigenvalue weighted by Crippen LogP contribution is -2.08. The molecule has 0 amide bonds. The van der Waals surface area contributed by atoms with Crippen molar-refractivity contribution in [2.24, 2.45) is 0 Å². The van der Waals surface area contributed by atoms with Gasteiger partial charge in [-0.3, -0.25) is 0 Å². The van der Waals surface area contributed by atoms with Gasteiger partial charge in [0.25, 0.3) is 0 Å². The Labute approximate surface area is 122 Å². The van der Waals surface area contributed by atoms with Gasteiger partial charge in [0.05, 0.1) is 12.2 Å². The molecule has 2 aromatic carbocycles. The van der Waals surface area contributed by atoms with Gasteiger partial charge >= 0.3 is 5.97 Å². The lowest BCUT2D eigenvalue weighted by atomic mass is 10.0. The molecule has 21 heavy (non-hydrogen) atoms. The summed E-state index contributed by atoms with van der Waals surface area (Å²) >= 11 is 0. The Kier molecular flexibility index (Phi) is 4.72. The van der Waals surface area contributed by atoms with Crippen LogP contribution in [-0.4, -0.2) is 17.7 Å². The smallest absolute Gasteiger partial charge is 0.338 e. The summed E-state index contributed by atoms with van der Waals surface area (Å²) in [5, 5.41) is 9.27. The average molecular weight is 286 g/mol. The van der Waals surface area contributed by atoms with Gasteiger partial charge in [-0.25, -0.2) is 9.18 Å². The largest absolute Gasteiger partial charge is 0.508 e. The maximum absolute atomic E-state index is 13.9. The lowest BCUT2D eigenvalue weighted by Gasteiger charge is -2.08. The van der Waals surface area contributed by atoms with Gasteiger partial charge in [0.1, 0.15) is 11.6 Å². The van der Waals surface area contributed by atoms with Crippen LogP contribution in [-0.2, 0) is 9.53 Å². The molecule has 4 heteroatoms. The third-order valence-electron chi connectivity index (χ3n) is 2.86. The van der Waals surface area contributed by atoms with E-state index in [2.05, 4.69) is 0 Å². The molecule has 0 saturated carbocycles. The molecule has 0 bridgehead atoms. The van der Waals surface area contributed by atoms with Crippen LogP contribution in [0.15, 0.2) is 48.5 Å². The summed E-state index contributed by atoms with van der Waals surface area (Å²) in [6.45, 7) is 1.90. The second kappa shape index (κ2) is 6.70. The van der Waals surface area contributed by atoms with Crippen molar-refractivity contribution in [1.82, 2.24) is 0 Å². The van der Waals surface area contributed by atoms with Crippen molar-refractivity contribution in [3.8, 4) is 5.75 Å². The predicted molar refractivity (Wildman–Crippen MR) is 79.0 cm³/mol. The number of hydrogen-bond acceptors (Lipinski definition) is 3. The Balaban J connectivity index is 2.48. The summed E-state index contributed by atoms with van der Waals surface area (Å²) < 4.78 is 18.9. The first-order valence-corrected chi connectivity index (χ1v) is 6.54. The van der Waals surface area contributed by atoms with E-state index in [4.69, 9.17) is 4.74 Å². The molecular weight excluding hydrogens is 271 g/mol. The van der Waals surface area contributed by atoms with Crippen LogP contribution in [0, 0.1) is 5.82 Å². The molecule has 2 aromatic rings. The summed E-state index contributed by atoms with van der Waals surface area (Å²) in [5.41, 5.74) is 0.990. The quantitative estimate of drug-likeness (QED) is 0.530. The normalized spacial score (nSPS) is 11.2. The van der Waals surface area contributed by atoms with Crippen LogP contribution < -0.4 is 0 Å². The standard InChI is InChI=1S/C17H15FO3/c1-2-21-17(20)15(14-5-3-4-6-16(14)18)11-12-7-9-13(19)10-8-12/h3-11,19H,2H2,1H3. The summed E-state index contributed by atoms with van der Waals surface area (Å²) in [7, 11) is 0. The van der Waals surface area contributed by atoms with E-state index in [1.807, 2.05) is 0 Å². The fraction of sp³-hybridized carbons (Fsp3) is 0.118. The van der Waals surface area contributed by atoms with E-state index in [0.717, 1.165) is 0 Å². The number of ether oxygens (including phenoxy) is 1. The first kappa shape index (κ1) is 14.8. The van der Waals surface area contributed by atoms with Crippen molar-refractivity contribution in [1.29, 1.82) is 0 Å². The van der Waals surface area contributed by atoms with E-state index in [0.29, 0.717) is 5.56 Å². The second-order valence-electron chi connectivity index (χ2n) is 4.35. The second-order valence-corrected chi connectivity index (χ2v) is 4.35. The number of carbonyl (C=O) groups is 1. The van der Waals surface area contributed by atoms with Crippen LogP contribution in [0.4, 0.5) is 4.39 Å². The number of esters is 1. The van der Waals surface area contributed by atoms with Gasteiger partial charge in [-0.1, -0.05) is 30.3 Å². The number of carbonyl (C=O) groups excluding carboxylic acids is 1. The number of hydrogen-bond donors (Lipinski definition) is 1. The number of phenols is 1. The highest BCUT2D eigenvalue weighted by atomic mass is 19.1. The molecule has 0 aliphatic carbocycles. The van der Waals surface area contributed by atoms with Gasteiger partial charge in [0.15, 0.2) is 0 Å². The SMILES string of the molecule is CCOC(=O)C(=Cc1ccc(O)cc1)c1ccccc1F. The molecule has 2 rings (SSSR count). The van der Waals surface area contributed by atoms with Crippen LogP contribution in [0.2, 0.25) is 0 Å². The van der Waals surface area contributed by atoms with Gasteiger partial charge in [-0.2, -0.15) is 0 Å². The van der Waals surface area contributed by atoms with E-state index >= 15 is 0 Å². The zero-order valence-corrected chi connectivity index (χ0v) is 11.5. The van der Waals surface area contributed by atoms with Crippen LogP contribution in [0.25, 0.3) is 11.6 Å². The summed E-state index contributed by atoms with van der Waals surface area (Å²) in [4.78, 5) is 12.1. The lowest BCUT2D eigenvalue weighted by molar-refractivity contribution is -0.136. The molecule has 0 unspecified atom stereocenters. The number of aromatic hydroxyl groups is 1. The molecule has 0 spiro atoms. The average Bonchev–Trinajstić information content (AvgIpc) is 2.48. The molecule has 0 atom stereocenters. The van der Waals surface area contributed by atoms with E-state index in [1.165, 1.54) is 30.3 Å². The molecule has 0 saturated heterocycles. The van der Waals surface area contributed by atoms with Crippen LogP contribution in [0.1, 0.15) is 18.1 Å². The predicted octanol–water partition coefficient (Wildman–Crippen LogP) is 3.64. The van der Waals surface area contributed by atoms with Crippen molar-refractivity contribution < 1.29 is 19.0 Å². The zero-order chi connectivity index (χ0) is 15.2. The van der Waals surface area contributed by atoms with Crippen LogP contribution in [0.5, 0.6) is 5.75 Å². The van der Waals surface area contributed by atoms with Gasteiger partial charge in [0, 0.05) is 5.56 Å². The third-order valence-corrected chi connectivity index (χ3v) is 2.86.